The Kier molecular flexibility index (Phi) is 4.84. The van der Waals surface area contributed by atoms with Gasteiger partial charge >= 0.3 is 0 Å². The number of hydrogen-bond donors (Lipinski definition) is 1. The summed E-state index contributed by atoms with van der Waals surface area (Å²) < 4.78 is 0. The Morgan fingerprint density at radius 1 is 1.24 bits per heavy atom. The zero-order chi connectivity index (χ0) is 12.1. The van der Waals surface area contributed by atoms with Gasteiger partial charge in [0.1, 0.15) is 0 Å². The van der Waals surface area contributed by atoms with Gasteiger partial charge in [0.15, 0.2) is 0 Å². The van der Waals surface area contributed by atoms with E-state index in [1.165, 1.54) is 37.9 Å². The fraction of sp³-hybridized carbons (Fsp3) is 0.571. The van der Waals surface area contributed by atoms with Gasteiger partial charge in [0.2, 0.25) is 0 Å². The number of likely N-dealkylation sites (tertiary alicyclic amines) is 1. The molecule has 1 atom stereocenters. The molecule has 0 aliphatic carbocycles. The van der Waals surface area contributed by atoms with Crippen LogP contribution in [0, 0.1) is 0 Å². The molecule has 0 spiro atoms. The molecule has 0 bridgehead atoms. The Balaban J connectivity index is 1.79. The van der Waals surface area contributed by atoms with Crippen molar-refractivity contribution in [1.82, 2.24) is 10.2 Å². The van der Waals surface area contributed by atoms with Gasteiger partial charge in [-0.2, -0.15) is 0 Å². The Hall–Kier alpha value is -0.570. The molecule has 1 aliphatic rings. The summed E-state index contributed by atoms with van der Waals surface area (Å²) in [4.78, 5) is 2.42. The molecule has 0 radical (unpaired) electrons. The minimum Gasteiger partial charge on any atom is -0.310 e. The van der Waals surface area contributed by atoms with Crippen LogP contribution in [0.2, 0.25) is 5.02 Å². The first-order valence-corrected chi connectivity index (χ1v) is 6.78. The number of hydrogen-bond acceptors (Lipinski definition) is 2. The van der Waals surface area contributed by atoms with Crippen molar-refractivity contribution in [2.24, 2.45) is 0 Å². The third-order valence-corrected chi connectivity index (χ3v) is 3.71. The number of benzene rings is 1. The molecular weight excluding hydrogens is 232 g/mol. The molecule has 1 heterocycles. The zero-order valence-electron chi connectivity index (χ0n) is 10.5. The van der Waals surface area contributed by atoms with E-state index < -0.39 is 0 Å². The minimum absolute atomic E-state index is 0.663. The van der Waals surface area contributed by atoms with Crippen LogP contribution < -0.4 is 5.32 Å². The van der Waals surface area contributed by atoms with Crippen molar-refractivity contribution in [1.29, 1.82) is 0 Å². The van der Waals surface area contributed by atoms with Crippen LogP contribution in [0.25, 0.3) is 0 Å². The van der Waals surface area contributed by atoms with Crippen LogP contribution in [0.15, 0.2) is 24.3 Å². The summed E-state index contributed by atoms with van der Waals surface area (Å²) in [6.07, 6.45) is 3.84. The molecule has 0 amide bonds. The van der Waals surface area contributed by atoms with E-state index in [0.29, 0.717) is 6.04 Å². The van der Waals surface area contributed by atoms with E-state index in [2.05, 4.69) is 29.4 Å². The summed E-state index contributed by atoms with van der Waals surface area (Å²) in [5, 5.41) is 4.46. The highest BCUT2D eigenvalue weighted by atomic mass is 35.5. The molecule has 0 aromatic heterocycles. The van der Waals surface area contributed by atoms with E-state index in [1.807, 2.05) is 12.1 Å². The topological polar surface area (TPSA) is 15.3 Å². The molecule has 1 aromatic rings. The summed E-state index contributed by atoms with van der Waals surface area (Å²) in [5.74, 6) is 0. The van der Waals surface area contributed by atoms with E-state index in [0.717, 1.165) is 11.6 Å². The first kappa shape index (κ1) is 12.9. The maximum atomic E-state index is 5.87. The highest BCUT2D eigenvalue weighted by Gasteiger charge is 2.13. The SMILES string of the molecule is CN1CCCC(NCc2ccc(Cl)cc2)CC1. The summed E-state index contributed by atoms with van der Waals surface area (Å²) in [6, 6.07) is 8.77. The predicted molar refractivity (Wildman–Crippen MR) is 73.4 cm³/mol. The first-order valence-electron chi connectivity index (χ1n) is 6.40. The van der Waals surface area contributed by atoms with Crippen LogP contribution in [0.4, 0.5) is 0 Å². The summed E-state index contributed by atoms with van der Waals surface area (Å²) in [6.45, 7) is 3.39. The lowest BCUT2D eigenvalue weighted by molar-refractivity contribution is 0.343. The van der Waals surface area contributed by atoms with Crippen molar-refractivity contribution < 1.29 is 0 Å². The van der Waals surface area contributed by atoms with Crippen LogP contribution in [-0.2, 0) is 6.54 Å². The summed E-state index contributed by atoms with van der Waals surface area (Å²) >= 11 is 5.87. The predicted octanol–water partition coefficient (Wildman–Crippen LogP) is 2.91. The quantitative estimate of drug-likeness (QED) is 0.890. The molecule has 94 valence electrons. The highest BCUT2D eigenvalue weighted by Crippen LogP contribution is 2.12. The average molecular weight is 253 g/mol. The van der Waals surface area contributed by atoms with Crippen LogP contribution in [0.1, 0.15) is 24.8 Å². The molecule has 1 unspecified atom stereocenters. The van der Waals surface area contributed by atoms with Crippen molar-refractivity contribution in [2.75, 3.05) is 20.1 Å². The molecule has 0 saturated carbocycles. The average Bonchev–Trinajstić information content (AvgIpc) is 2.54. The van der Waals surface area contributed by atoms with E-state index in [4.69, 9.17) is 11.6 Å². The maximum absolute atomic E-state index is 5.87. The monoisotopic (exact) mass is 252 g/mol. The van der Waals surface area contributed by atoms with E-state index in [9.17, 15) is 0 Å². The van der Waals surface area contributed by atoms with Gasteiger partial charge in [-0.05, 0) is 57.1 Å². The smallest absolute Gasteiger partial charge is 0.0406 e. The standard InChI is InChI=1S/C14H21ClN2/c1-17-9-2-3-14(8-10-17)16-11-12-4-6-13(15)7-5-12/h4-7,14,16H,2-3,8-11H2,1H3. The van der Waals surface area contributed by atoms with Crippen LogP contribution >= 0.6 is 11.6 Å². The molecular formula is C14H21ClN2. The lowest BCUT2D eigenvalue weighted by atomic mass is 10.1. The normalized spacial score (nSPS) is 22.4. The van der Waals surface area contributed by atoms with Gasteiger partial charge < -0.3 is 10.2 Å². The Labute approximate surface area is 109 Å². The number of rotatable bonds is 3. The molecule has 1 aromatic carbocycles. The molecule has 2 rings (SSSR count). The van der Waals surface area contributed by atoms with Crippen LogP contribution in [-0.4, -0.2) is 31.1 Å². The minimum atomic E-state index is 0.663. The molecule has 17 heavy (non-hydrogen) atoms. The molecule has 2 nitrogen and oxygen atoms in total. The second-order valence-corrected chi connectivity index (χ2v) is 5.37. The largest absolute Gasteiger partial charge is 0.310 e. The van der Waals surface area contributed by atoms with Gasteiger partial charge in [-0.25, -0.2) is 0 Å². The zero-order valence-corrected chi connectivity index (χ0v) is 11.2. The van der Waals surface area contributed by atoms with Gasteiger partial charge in [-0.1, -0.05) is 23.7 Å². The number of nitrogens with zero attached hydrogens (tertiary/aromatic N) is 1. The van der Waals surface area contributed by atoms with Crippen LogP contribution in [0.3, 0.4) is 0 Å². The van der Waals surface area contributed by atoms with E-state index in [-0.39, 0.29) is 0 Å². The second kappa shape index (κ2) is 6.39. The van der Waals surface area contributed by atoms with Crippen molar-refractivity contribution in [3.05, 3.63) is 34.9 Å². The highest BCUT2D eigenvalue weighted by molar-refractivity contribution is 6.30. The first-order chi connectivity index (χ1) is 8.24. The van der Waals surface area contributed by atoms with Crippen molar-refractivity contribution in [3.8, 4) is 0 Å². The number of halogens is 1. The van der Waals surface area contributed by atoms with E-state index in [1.54, 1.807) is 0 Å². The molecule has 1 aliphatic heterocycles. The Morgan fingerprint density at radius 2 is 2.00 bits per heavy atom. The second-order valence-electron chi connectivity index (χ2n) is 4.94. The Bertz CT molecular complexity index is 337. The fourth-order valence-corrected chi connectivity index (χ4v) is 2.43. The summed E-state index contributed by atoms with van der Waals surface area (Å²) in [7, 11) is 2.21. The van der Waals surface area contributed by atoms with Gasteiger partial charge in [0.05, 0.1) is 0 Å². The van der Waals surface area contributed by atoms with Gasteiger partial charge in [-0.3, -0.25) is 0 Å². The van der Waals surface area contributed by atoms with Crippen molar-refractivity contribution in [3.63, 3.8) is 0 Å². The molecule has 1 N–H and O–H groups in total. The van der Waals surface area contributed by atoms with Crippen molar-refractivity contribution >= 4 is 11.6 Å². The third-order valence-electron chi connectivity index (χ3n) is 3.46. The number of nitrogens with one attached hydrogen (secondary N) is 1. The Morgan fingerprint density at radius 3 is 2.76 bits per heavy atom. The van der Waals surface area contributed by atoms with Gasteiger partial charge in [0.25, 0.3) is 0 Å². The van der Waals surface area contributed by atoms with Crippen LogP contribution in [0.5, 0.6) is 0 Å². The maximum Gasteiger partial charge on any atom is 0.0406 e. The summed E-state index contributed by atoms with van der Waals surface area (Å²) in [5.41, 5.74) is 1.31. The third kappa shape index (κ3) is 4.30. The molecule has 1 fully saturated rings. The molecule has 1 saturated heterocycles. The lowest BCUT2D eigenvalue weighted by Gasteiger charge is -2.16. The lowest BCUT2D eigenvalue weighted by Crippen LogP contribution is -2.29. The van der Waals surface area contributed by atoms with E-state index >= 15 is 0 Å². The van der Waals surface area contributed by atoms with Gasteiger partial charge in [-0.15, -0.1) is 0 Å². The molecule has 3 heteroatoms. The van der Waals surface area contributed by atoms with Gasteiger partial charge in [0, 0.05) is 17.6 Å². The fourth-order valence-electron chi connectivity index (χ4n) is 2.31. The van der Waals surface area contributed by atoms with Crippen molar-refractivity contribution in [2.45, 2.75) is 31.8 Å².